The number of H-pyrrole nitrogens is 1. The van der Waals surface area contributed by atoms with E-state index in [1.807, 2.05) is 19.1 Å². The van der Waals surface area contributed by atoms with Crippen LogP contribution in [-0.4, -0.2) is 14.8 Å². The van der Waals surface area contributed by atoms with E-state index >= 15 is 0 Å². The van der Waals surface area contributed by atoms with Crippen LogP contribution < -0.4 is 11.4 Å². The lowest BCUT2D eigenvalue weighted by molar-refractivity contribution is 0.660. The van der Waals surface area contributed by atoms with E-state index < -0.39 is 0 Å². The van der Waals surface area contributed by atoms with Gasteiger partial charge in [0.25, 0.3) is 0 Å². The number of nitrogens with one attached hydrogen (secondary N) is 1. The molecule has 0 amide bonds. The second-order valence-electron chi connectivity index (χ2n) is 3.85. The number of rotatable bonds is 4. The molecule has 3 N–H and O–H groups in total. The maximum atomic E-state index is 11.5. The number of nitriles is 1. The molecule has 1 aromatic heterocycles. The summed E-state index contributed by atoms with van der Waals surface area (Å²) in [5.74, 6) is 0. The van der Waals surface area contributed by atoms with Gasteiger partial charge in [-0.05, 0) is 42.4 Å². The first kappa shape index (κ1) is 13.2. The summed E-state index contributed by atoms with van der Waals surface area (Å²) in [5, 5.41) is 15.7. The molecule has 0 unspecified atom stereocenters. The van der Waals surface area contributed by atoms with Gasteiger partial charge >= 0.3 is 5.69 Å². The minimum Gasteiger partial charge on any atom is -0.398 e. The van der Waals surface area contributed by atoms with Gasteiger partial charge in [-0.2, -0.15) is 5.26 Å². The lowest BCUT2D eigenvalue weighted by Crippen LogP contribution is -2.15. The van der Waals surface area contributed by atoms with E-state index in [-0.39, 0.29) is 12.1 Å². The van der Waals surface area contributed by atoms with Crippen molar-refractivity contribution in [2.75, 3.05) is 5.73 Å². The number of anilines is 1. The predicted octanol–water partition coefficient (Wildman–Crippen LogP) is 1.39. The van der Waals surface area contributed by atoms with E-state index in [1.54, 1.807) is 10.6 Å². The molecular formula is C12H13N5OS. The SMILES string of the molecule is CCn1c(Sc2ccc(N)c(CC#N)c2)n[nH]c1=O. The molecular weight excluding hydrogens is 262 g/mol. The molecule has 0 radical (unpaired) electrons. The number of benzene rings is 1. The van der Waals surface area contributed by atoms with Gasteiger partial charge in [0, 0.05) is 17.1 Å². The van der Waals surface area contributed by atoms with Crippen LogP contribution >= 0.6 is 11.8 Å². The molecule has 19 heavy (non-hydrogen) atoms. The monoisotopic (exact) mass is 275 g/mol. The maximum Gasteiger partial charge on any atom is 0.343 e. The maximum absolute atomic E-state index is 11.5. The fraction of sp³-hybridized carbons (Fsp3) is 0.250. The summed E-state index contributed by atoms with van der Waals surface area (Å²) in [6, 6.07) is 7.53. The van der Waals surface area contributed by atoms with E-state index in [2.05, 4.69) is 16.3 Å². The fourth-order valence-corrected chi connectivity index (χ4v) is 2.61. The van der Waals surface area contributed by atoms with Gasteiger partial charge in [0.1, 0.15) is 0 Å². The number of nitrogens with two attached hydrogens (primary N) is 1. The Hall–Kier alpha value is -2.20. The molecule has 0 spiro atoms. The second-order valence-corrected chi connectivity index (χ2v) is 4.89. The van der Waals surface area contributed by atoms with Gasteiger partial charge in [0.05, 0.1) is 12.5 Å². The Morgan fingerprint density at radius 1 is 1.58 bits per heavy atom. The molecule has 0 aliphatic rings. The van der Waals surface area contributed by atoms with Crippen LogP contribution in [0.25, 0.3) is 0 Å². The fourth-order valence-electron chi connectivity index (χ4n) is 1.65. The highest BCUT2D eigenvalue weighted by Gasteiger charge is 2.09. The average molecular weight is 275 g/mol. The van der Waals surface area contributed by atoms with Crippen LogP contribution in [0.2, 0.25) is 0 Å². The number of hydrogen-bond acceptors (Lipinski definition) is 5. The molecule has 0 bridgehead atoms. The highest BCUT2D eigenvalue weighted by atomic mass is 32.2. The van der Waals surface area contributed by atoms with E-state index in [4.69, 9.17) is 11.0 Å². The van der Waals surface area contributed by atoms with Crippen LogP contribution in [-0.2, 0) is 13.0 Å². The summed E-state index contributed by atoms with van der Waals surface area (Å²) in [4.78, 5) is 12.3. The van der Waals surface area contributed by atoms with E-state index in [9.17, 15) is 4.79 Å². The number of aromatic amines is 1. The quantitative estimate of drug-likeness (QED) is 0.821. The molecule has 0 saturated carbocycles. The minimum atomic E-state index is -0.224. The molecule has 0 aliphatic carbocycles. The molecule has 1 aromatic carbocycles. The van der Waals surface area contributed by atoms with Crippen molar-refractivity contribution in [1.82, 2.24) is 14.8 Å². The molecule has 0 aliphatic heterocycles. The van der Waals surface area contributed by atoms with E-state index in [1.165, 1.54) is 11.8 Å². The first-order valence-electron chi connectivity index (χ1n) is 5.74. The van der Waals surface area contributed by atoms with Crippen LogP contribution in [0.4, 0.5) is 5.69 Å². The summed E-state index contributed by atoms with van der Waals surface area (Å²) < 4.78 is 1.55. The highest BCUT2D eigenvalue weighted by molar-refractivity contribution is 7.99. The highest BCUT2D eigenvalue weighted by Crippen LogP contribution is 2.28. The van der Waals surface area contributed by atoms with Crippen LogP contribution in [0.3, 0.4) is 0 Å². The molecule has 6 nitrogen and oxygen atoms in total. The number of hydrogen-bond donors (Lipinski definition) is 2. The number of aromatic nitrogens is 3. The molecule has 1 heterocycles. The van der Waals surface area contributed by atoms with Crippen molar-refractivity contribution in [3.8, 4) is 6.07 Å². The summed E-state index contributed by atoms with van der Waals surface area (Å²) >= 11 is 1.36. The Balaban J connectivity index is 2.31. The van der Waals surface area contributed by atoms with E-state index in [0.717, 1.165) is 10.5 Å². The first-order chi connectivity index (χ1) is 9.15. The van der Waals surface area contributed by atoms with Crippen molar-refractivity contribution in [2.45, 2.75) is 29.9 Å². The molecule has 2 aromatic rings. The van der Waals surface area contributed by atoms with Gasteiger partial charge in [0.2, 0.25) is 0 Å². The molecule has 0 saturated heterocycles. The zero-order valence-electron chi connectivity index (χ0n) is 10.4. The lowest BCUT2D eigenvalue weighted by atomic mass is 10.1. The molecule has 7 heteroatoms. The Kier molecular flexibility index (Phi) is 3.92. The smallest absolute Gasteiger partial charge is 0.343 e. The standard InChI is InChI=1S/C12H13N5OS/c1-2-17-11(18)15-16-12(17)19-9-3-4-10(14)8(7-9)5-6-13/h3-4,7H,2,5,14H2,1H3,(H,15,18). The zero-order valence-corrected chi connectivity index (χ0v) is 11.2. The van der Waals surface area contributed by atoms with Crippen LogP contribution in [0.1, 0.15) is 12.5 Å². The van der Waals surface area contributed by atoms with Crippen molar-refractivity contribution in [1.29, 1.82) is 5.26 Å². The second kappa shape index (κ2) is 5.63. The molecule has 2 rings (SSSR count). The van der Waals surface area contributed by atoms with Crippen molar-refractivity contribution in [3.05, 3.63) is 34.2 Å². The van der Waals surface area contributed by atoms with Gasteiger partial charge in [-0.25, -0.2) is 9.89 Å². The van der Waals surface area contributed by atoms with Gasteiger partial charge in [-0.15, -0.1) is 5.10 Å². The van der Waals surface area contributed by atoms with Crippen molar-refractivity contribution in [2.24, 2.45) is 0 Å². The Morgan fingerprint density at radius 2 is 2.37 bits per heavy atom. The van der Waals surface area contributed by atoms with Crippen molar-refractivity contribution >= 4 is 17.4 Å². The van der Waals surface area contributed by atoms with Gasteiger partial charge in [-0.1, -0.05) is 0 Å². The normalized spacial score (nSPS) is 10.3. The van der Waals surface area contributed by atoms with Gasteiger partial charge in [0.15, 0.2) is 5.16 Å². The largest absolute Gasteiger partial charge is 0.398 e. The summed E-state index contributed by atoms with van der Waals surface area (Å²) in [6.45, 7) is 2.43. The Morgan fingerprint density at radius 3 is 3.05 bits per heavy atom. The molecule has 98 valence electrons. The zero-order chi connectivity index (χ0) is 13.8. The minimum absolute atomic E-state index is 0.224. The number of nitrogens with zero attached hydrogens (tertiary/aromatic N) is 3. The topological polar surface area (TPSA) is 100 Å². The Labute approximate surface area is 114 Å². The summed E-state index contributed by atoms with van der Waals surface area (Å²) in [6.07, 6.45) is 0.265. The van der Waals surface area contributed by atoms with Crippen LogP contribution in [0.15, 0.2) is 33.0 Å². The summed E-state index contributed by atoms with van der Waals surface area (Å²) in [7, 11) is 0. The number of nitrogen functional groups attached to an aromatic ring is 1. The van der Waals surface area contributed by atoms with Crippen molar-refractivity contribution in [3.63, 3.8) is 0 Å². The summed E-state index contributed by atoms with van der Waals surface area (Å²) in [5.41, 5.74) is 6.95. The third-order valence-electron chi connectivity index (χ3n) is 2.63. The lowest BCUT2D eigenvalue weighted by Gasteiger charge is -2.06. The third kappa shape index (κ3) is 2.80. The molecule has 0 fully saturated rings. The molecule has 0 atom stereocenters. The van der Waals surface area contributed by atoms with E-state index in [0.29, 0.717) is 17.4 Å². The third-order valence-corrected chi connectivity index (χ3v) is 3.62. The van der Waals surface area contributed by atoms with Gasteiger partial charge in [-0.3, -0.25) is 4.57 Å². The van der Waals surface area contributed by atoms with Gasteiger partial charge < -0.3 is 5.73 Å². The average Bonchev–Trinajstić information content (AvgIpc) is 2.74. The first-order valence-corrected chi connectivity index (χ1v) is 6.55. The Bertz CT molecular complexity index is 682. The van der Waals surface area contributed by atoms with Crippen LogP contribution in [0.5, 0.6) is 0 Å². The van der Waals surface area contributed by atoms with Crippen LogP contribution in [0, 0.1) is 11.3 Å². The van der Waals surface area contributed by atoms with Crippen molar-refractivity contribution < 1.29 is 0 Å². The predicted molar refractivity (Wildman–Crippen MR) is 72.8 cm³/mol.